The van der Waals surface area contributed by atoms with E-state index in [0.29, 0.717) is 29.1 Å². The predicted molar refractivity (Wildman–Crippen MR) is 77.4 cm³/mol. The van der Waals surface area contributed by atoms with Crippen molar-refractivity contribution in [2.45, 2.75) is 46.1 Å². The van der Waals surface area contributed by atoms with Crippen LogP contribution in [0.3, 0.4) is 0 Å². The van der Waals surface area contributed by atoms with Gasteiger partial charge in [-0.3, -0.25) is 10.1 Å². The van der Waals surface area contributed by atoms with E-state index in [4.69, 9.17) is 0 Å². The lowest BCUT2D eigenvalue weighted by atomic mass is 9.80. The molecule has 0 amide bonds. The number of nitrogens with zero attached hydrogens (tertiary/aromatic N) is 1. The molecule has 0 aromatic heterocycles. The zero-order valence-electron chi connectivity index (χ0n) is 11.8. The SMILES string of the molecule is Cc1cccc(NC2CC(C)CC(C)C2)c1[N+](=O)[O-]. The highest BCUT2D eigenvalue weighted by molar-refractivity contribution is 5.65. The first-order valence-corrected chi connectivity index (χ1v) is 6.98. The van der Waals surface area contributed by atoms with Crippen LogP contribution in [0.1, 0.15) is 38.7 Å². The summed E-state index contributed by atoms with van der Waals surface area (Å²) in [6.45, 7) is 6.30. The second kappa shape index (κ2) is 5.59. The van der Waals surface area contributed by atoms with Crippen LogP contribution < -0.4 is 5.32 Å². The molecule has 4 heteroatoms. The Morgan fingerprint density at radius 1 is 1.21 bits per heavy atom. The van der Waals surface area contributed by atoms with Crippen LogP contribution in [0.5, 0.6) is 0 Å². The van der Waals surface area contributed by atoms with Crippen molar-refractivity contribution in [1.82, 2.24) is 0 Å². The third kappa shape index (κ3) is 3.25. The summed E-state index contributed by atoms with van der Waals surface area (Å²) in [7, 11) is 0. The molecule has 1 fully saturated rings. The molecule has 1 aliphatic carbocycles. The van der Waals surface area contributed by atoms with Crippen LogP contribution in [0.15, 0.2) is 18.2 Å². The van der Waals surface area contributed by atoms with Crippen LogP contribution in [0.2, 0.25) is 0 Å². The van der Waals surface area contributed by atoms with Gasteiger partial charge in [0.25, 0.3) is 5.69 Å². The highest BCUT2D eigenvalue weighted by Crippen LogP contribution is 2.34. The maximum absolute atomic E-state index is 11.2. The maximum Gasteiger partial charge on any atom is 0.295 e. The topological polar surface area (TPSA) is 55.2 Å². The normalized spacial score (nSPS) is 27.0. The van der Waals surface area contributed by atoms with Crippen molar-refractivity contribution in [3.8, 4) is 0 Å². The van der Waals surface area contributed by atoms with E-state index < -0.39 is 0 Å². The molecule has 0 spiro atoms. The van der Waals surface area contributed by atoms with Gasteiger partial charge in [0.1, 0.15) is 5.69 Å². The van der Waals surface area contributed by atoms with E-state index in [1.54, 1.807) is 13.0 Å². The van der Waals surface area contributed by atoms with E-state index in [1.807, 2.05) is 12.1 Å². The van der Waals surface area contributed by atoms with Gasteiger partial charge in [-0.05, 0) is 44.1 Å². The minimum Gasteiger partial charge on any atom is -0.377 e. The van der Waals surface area contributed by atoms with Gasteiger partial charge in [0, 0.05) is 11.6 Å². The summed E-state index contributed by atoms with van der Waals surface area (Å²) in [5.41, 5.74) is 1.59. The van der Waals surface area contributed by atoms with Crippen molar-refractivity contribution in [2.75, 3.05) is 5.32 Å². The lowest BCUT2D eigenvalue weighted by molar-refractivity contribution is -0.384. The van der Waals surface area contributed by atoms with Gasteiger partial charge >= 0.3 is 0 Å². The van der Waals surface area contributed by atoms with E-state index in [9.17, 15) is 10.1 Å². The molecule has 0 saturated heterocycles. The largest absolute Gasteiger partial charge is 0.377 e. The number of anilines is 1. The monoisotopic (exact) mass is 262 g/mol. The van der Waals surface area contributed by atoms with Crippen molar-refractivity contribution >= 4 is 11.4 Å². The van der Waals surface area contributed by atoms with Crippen molar-refractivity contribution in [2.24, 2.45) is 11.8 Å². The Labute approximate surface area is 114 Å². The molecule has 19 heavy (non-hydrogen) atoms. The number of aryl methyl sites for hydroxylation is 1. The van der Waals surface area contributed by atoms with E-state index in [0.717, 1.165) is 12.8 Å². The fourth-order valence-electron chi connectivity index (χ4n) is 3.30. The molecular weight excluding hydrogens is 240 g/mol. The smallest absolute Gasteiger partial charge is 0.295 e. The summed E-state index contributed by atoms with van der Waals surface area (Å²) in [5.74, 6) is 1.37. The Hall–Kier alpha value is -1.58. The molecule has 104 valence electrons. The van der Waals surface area contributed by atoms with E-state index in [2.05, 4.69) is 19.2 Å². The number of hydrogen-bond donors (Lipinski definition) is 1. The Bertz CT molecular complexity index is 463. The molecule has 1 N–H and O–H groups in total. The van der Waals surface area contributed by atoms with Crippen molar-refractivity contribution in [3.05, 3.63) is 33.9 Å². The Balaban J connectivity index is 2.19. The average molecular weight is 262 g/mol. The maximum atomic E-state index is 11.2. The number of nitrogens with one attached hydrogen (secondary N) is 1. The Kier molecular flexibility index (Phi) is 4.08. The van der Waals surface area contributed by atoms with Crippen LogP contribution in [0.25, 0.3) is 0 Å². The first-order valence-electron chi connectivity index (χ1n) is 6.98. The van der Waals surface area contributed by atoms with Crippen LogP contribution in [-0.4, -0.2) is 11.0 Å². The van der Waals surface area contributed by atoms with Crippen LogP contribution in [0, 0.1) is 28.9 Å². The molecule has 2 atom stereocenters. The van der Waals surface area contributed by atoms with Gasteiger partial charge in [-0.1, -0.05) is 26.0 Å². The molecule has 1 aromatic carbocycles. The van der Waals surface area contributed by atoms with Gasteiger partial charge in [0.2, 0.25) is 0 Å². The highest BCUT2D eigenvalue weighted by atomic mass is 16.6. The third-order valence-electron chi connectivity index (χ3n) is 3.96. The summed E-state index contributed by atoms with van der Waals surface area (Å²) in [6, 6.07) is 5.82. The average Bonchev–Trinajstić information content (AvgIpc) is 2.26. The summed E-state index contributed by atoms with van der Waals surface area (Å²) < 4.78 is 0. The van der Waals surface area contributed by atoms with Gasteiger partial charge in [-0.15, -0.1) is 0 Å². The zero-order chi connectivity index (χ0) is 14.0. The van der Waals surface area contributed by atoms with Gasteiger partial charge in [0.05, 0.1) is 4.92 Å². The first kappa shape index (κ1) is 13.8. The zero-order valence-corrected chi connectivity index (χ0v) is 11.8. The quantitative estimate of drug-likeness (QED) is 0.658. The summed E-state index contributed by atoms with van der Waals surface area (Å²) >= 11 is 0. The fraction of sp³-hybridized carbons (Fsp3) is 0.600. The molecule has 0 aliphatic heterocycles. The van der Waals surface area contributed by atoms with Crippen LogP contribution in [0.4, 0.5) is 11.4 Å². The summed E-state index contributed by atoms with van der Waals surface area (Å²) in [5, 5.41) is 14.6. The predicted octanol–water partition coefficient (Wildman–Crippen LogP) is 4.14. The number of benzene rings is 1. The van der Waals surface area contributed by atoms with Gasteiger partial charge in [-0.2, -0.15) is 0 Å². The number of rotatable bonds is 3. The third-order valence-corrected chi connectivity index (χ3v) is 3.96. The minimum absolute atomic E-state index is 0.216. The first-order chi connectivity index (χ1) is 8.97. The number of hydrogen-bond acceptors (Lipinski definition) is 3. The lowest BCUT2D eigenvalue weighted by Gasteiger charge is -2.32. The lowest BCUT2D eigenvalue weighted by Crippen LogP contribution is -2.30. The summed E-state index contributed by atoms with van der Waals surface area (Å²) in [4.78, 5) is 10.9. The van der Waals surface area contributed by atoms with Crippen LogP contribution >= 0.6 is 0 Å². The number of nitro groups is 1. The molecule has 0 heterocycles. The van der Waals surface area contributed by atoms with E-state index in [-0.39, 0.29) is 10.6 Å². The molecule has 1 aromatic rings. The van der Waals surface area contributed by atoms with E-state index >= 15 is 0 Å². The molecule has 2 rings (SSSR count). The molecule has 0 radical (unpaired) electrons. The molecule has 0 bridgehead atoms. The fourth-order valence-corrected chi connectivity index (χ4v) is 3.30. The van der Waals surface area contributed by atoms with Gasteiger partial charge in [0.15, 0.2) is 0 Å². The summed E-state index contributed by atoms with van der Waals surface area (Å²) in [6.07, 6.45) is 3.44. The second-order valence-electron chi connectivity index (χ2n) is 5.99. The molecule has 2 unspecified atom stereocenters. The number of para-hydroxylation sites is 1. The molecule has 4 nitrogen and oxygen atoms in total. The standard InChI is InChI=1S/C15H22N2O2/c1-10-7-11(2)9-13(8-10)16-14-6-4-5-12(3)15(14)17(18)19/h4-6,10-11,13,16H,7-9H2,1-3H3. The second-order valence-corrected chi connectivity index (χ2v) is 5.99. The van der Waals surface area contributed by atoms with E-state index in [1.165, 1.54) is 6.42 Å². The Morgan fingerprint density at radius 2 is 1.84 bits per heavy atom. The van der Waals surface area contributed by atoms with Crippen molar-refractivity contribution in [3.63, 3.8) is 0 Å². The highest BCUT2D eigenvalue weighted by Gasteiger charge is 2.26. The molecular formula is C15H22N2O2. The molecule has 1 saturated carbocycles. The number of nitro benzene ring substituents is 1. The van der Waals surface area contributed by atoms with Crippen molar-refractivity contribution in [1.29, 1.82) is 0 Å². The molecule has 1 aliphatic rings. The minimum atomic E-state index is -0.284. The van der Waals surface area contributed by atoms with Gasteiger partial charge < -0.3 is 5.32 Å². The Morgan fingerprint density at radius 3 is 2.42 bits per heavy atom. The van der Waals surface area contributed by atoms with Crippen LogP contribution in [-0.2, 0) is 0 Å². The van der Waals surface area contributed by atoms with Gasteiger partial charge in [-0.25, -0.2) is 0 Å². The van der Waals surface area contributed by atoms with Crippen molar-refractivity contribution < 1.29 is 4.92 Å².